The van der Waals surface area contributed by atoms with Crippen LogP contribution in [0.5, 0.6) is 5.75 Å². The summed E-state index contributed by atoms with van der Waals surface area (Å²) in [6, 6.07) is 7.08. The van der Waals surface area contributed by atoms with Crippen molar-refractivity contribution < 1.29 is 19.1 Å². The Morgan fingerprint density at radius 3 is 2.79 bits per heavy atom. The number of carbonyl (C=O) groups is 2. The molecule has 0 radical (unpaired) electrons. The summed E-state index contributed by atoms with van der Waals surface area (Å²) in [7, 11) is 0. The number of nitrogens with one attached hydrogen (secondary N) is 2. The van der Waals surface area contributed by atoms with Gasteiger partial charge in [0.15, 0.2) is 0 Å². The Bertz CT molecular complexity index is 554. The highest BCUT2D eigenvalue weighted by atomic mass is 16.5. The quantitative estimate of drug-likeness (QED) is 0.710. The average Bonchev–Trinajstić information content (AvgIpc) is 3.10. The van der Waals surface area contributed by atoms with E-state index >= 15 is 0 Å². The molecule has 2 rings (SSSR count). The minimum absolute atomic E-state index is 0.0197. The number of benzene rings is 1. The van der Waals surface area contributed by atoms with Gasteiger partial charge in [0.05, 0.1) is 6.10 Å². The van der Waals surface area contributed by atoms with Gasteiger partial charge in [-0.15, -0.1) is 0 Å². The molecule has 0 saturated carbocycles. The van der Waals surface area contributed by atoms with E-state index in [1.54, 1.807) is 18.2 Å². The third kappa shape index (κ3) is 5.85. The second-order valence-corrected chi connectivity index (χ2v) is 6.18. The Labute approximate surface area is 142 Å². The second kappa shape index (κ2) is 9.27. The molecular weight excluding hydrogens is 308 g/mol. The maximum atomic E-state index is 12.1. The van der Waals surface area contributed by atoms with Crippen LogP contribution in [-0.4, -0.2) is 44.2 Å². The van der Waals surface area contributed by atoms with Crippen molar-refractivity contribution in [3.8, 4) is 5.75 Å². The monoisotopic (exact) mass is 334 g/mol. The molecule has 1 aromatic rings. The summed E-state index contributed by atoms with van der Waals surface area (Å²) in [5, 5.41) is 5.54. The fourth-order valence-corrected chi connectivity index (χ4v) is 2.36. The molecule has 6 heteroatoms. The molecule has 0 spiro atoms. The number of ether oxygens (including phenoxy) is 2. The van der Waals surface area contributed by atoms with E-state index in [0.29, 0.717) is 31.0 Å². The van der Waals surface area contributed by atoms with Gasteiger partial charge in [0.25, 0.3) is 5.91 Å². The molecule has 1 unspecified atom stereocenters. The van der Waals surface area contributed by atoms with Crippen LogP contribution in [0.1, 0.15) is 37.0 Å². The zero-order chi connectivity index (χ0) is 17.4. The van der Waals surface area contributed by atoms with Crippen molar-refractivity contribution in [2.45, 2.75) is 32.8 Å². The molecule has 2 N–H and O–H groups in total. The lowest BCUT2D eigenvalue weighted by Crippen LogP contribution is -2.36. The minimum Gasteiger partial charge on any atom is -0.491 e. The topological polar surface area (TPSA) is 76.7 Å². The Hall–Kier alpha value is -2.08. The van der Waals surface area contributed by atoms with Crippen molar-refractivity contribution >= 4 is 11.8 Å². The van der Waals surface area contributed by atoms with Crippen LogP contribution in [0.2, 0.25) is 0 Å². The SMILES string of the molecule is CC(C)C(=O)NCCNC(=O)c1cccc(OCC2CCCO2)c1. The highest BCUT2D eigenvalue weighted by Crippen LogP contribution is 2.17. The van der Waals surface area contributed by atoms with E-state index in [9.17, 15) is 9.59 Å². The van der Waals surface area contributed by atoms with Crippen LogP contribution in [-0.2, 0) is 9.53 Å². The maximum Gasteiger partial charge on any atom is 0.251 e. The van der Waals surface area contributed by atoms with Crippen molar-refractivity contribution in [1.29, 1.82) is 0 Å². The van der Waals surface area contributed by atoms with Gasteiger partial charge in [0.1, 0.15) is 12.4 Å². The summed E-state index contributed by atoms with van der Waals surface area (Å²) in [4.78, 5) is 23.6. The second-order valence-electron chi connectivity index (χ2n) is 6.18. The minimum atomic E-state index is -0.184. The van der Waals surface area contributed by atoms with Gasteiger partial charge >= 0.3 is 0 Å². The van der Waals surface area contributed by atoms with Gasteiger partial charge in [0, 0.05) is 31.2 Å². The molecular formula is C18H26N2O4. The summed E-state index contributed by atoms with van der Waals surface area (Å²) in [6.45, 7) is 5.76. The Morgan fingerprint density at radius 1 is 1.29 bits per heavy atom. The largest absolute Gasteiger partial charge is 0.491 e. The lowest BCUT2D eigenvalue weighted by molar-refractivity contribution is -0.123. The van der Waals surface area contributed by atoms with E-state index in [-0.39, 0.29) is 23.8 Å². The van der Waals surface area contributed by atoms with Crippen LogP contribution >= 0.6 is 0 Å². The van der Waals surface area contributed by atoms with Crippen molar-refractivity contribution in [3.05, 3.63) is 29.8 Å². The summed E-state index contributed by atoms with van der Waals surface area (Å²) in [6.07, 6.45) is 2.23. The number of hydrogen-bond acceptors (Lipinski definition) is 4. The lowest BCUT2D eigenvalue weighted by Gasteiger charge is -2.12. The van der Waals surface area contributed by atoms with Crippen molar-refractivity contribution in [2.24, 2.45) is 5.92 Å². The third-order valence-electron chi connectivity index (χ3n) is 3.79. The normalized spacial score (nSPS) is 16.9. The first kappa shape index (κ1) is 18.3. The van der Waals surface area contributed by atoms with Crippen LogP contribution in [0.25, 0.3) is 0 Å². The molecule has 1 aliphatic rings. The van der Waals surface area contributed by atoms with Crippen molar-refractivity contribution in [1.82, 2.24) is 10.6 Å². The highest BCUT2D eigenvalue weighted by Gasteiger charge is 2.16. The first-order valence-corrected chi connectivity index (χ1v) is 8.46. The fraction of sp³-hybridized carbons (Fsp3) is 0.556. The molecule has 0 aromatic heterocycles. The van der Waals surface area contributed by atoms with Gasteiger partial charge in [-0.2, -0.15) is 0 Å². The molecule has 1 aromatic carbocycles. The molecule has 1 saturated heterocycles. The Balaban J connectivity index is 1.75. The van der Waals surface area contributed by atoms with E-state index in [4.69, 9.17) is 9.47 Å². The summed E-state index contributed by atoms with van der Waals surface area (Å²) >= 11 is 0. The number of carbonyl (C=O) groups excluding carboxylic acids is 2. The zero-order valence-corrected chi connectivity index (χ0v) is 14.3. The smallest absolute Gasteiger partial charge is 0.251 e. The molecule has 6 nitrogen and oxygen atoms in total. The standard InChI is InChI=1S/C18H26N2O4/c1-13(2)17(21)19-8-9-20-18(22)14-5-3-6-15(11-14)24-12-16-7-4-10-23-16/h3,5-6,11,13,16H,4,7-10,12H2,1-2H3,(H,19,21)(H,20,22). The van der Waals surface area contributed by atoms with Gasteiger partial charge < -0.3 is 20.1 Å². The highest BCUT2D eigenvalue weighted by molar-refractivity contribution is 5.94. The molecule has 1 aliphatic heterocycles. The molecule has 1 atom stereocenters. The third-order valence-corrected chi connectivity index (χ3v) is 3.79. The van der Waals surface area contributed by atoms with Gasteiger partial charge in [0.2, 0.25) is 5.91 Å². The predicted molar refractivity (Wildman–Crippen MR) is 91.1 cm³/mol. The van der Waals surface area contributed by atoms with E-state index < -0.39 is 0 Å². The Kier molecular flexibility index (Phi) is 7.06. The van der Waals surface area contributed by atoms with E-state index in [0.717, 1.165) is 19.4 Å². The van der Waals surface area contributed by atoms with Crippen LogP contribution in [0, 0.1) is 5.92 Å². The van der Waals surface area contributed by atoms with E-state index in [1.165, 1.54) is 0 Å². The summed E-state index contributed by atoms with van der Waals surface area (Å²) < 4.78 is 11.2. The van der Waals surface area contributed by atoms with Crippen molar-refractivity contribution in [3.63, 3.8) is 0 Å². The zero-order valence-electron chi connectivity index (χ0n) is 14.3. The molecule has 24 heavy (non-hydrogen) atoms. The van der Waals surface area contributed by atoms with Crippen LogP contribution < -0.4 is 15.4 Å². The predicted octanol–water partition coefficient (Wildman–Crippen LogP) is 1.75. The molecule has 132 valence electrons. The average molecular weight is 334 g/mol. The number of rotatable bonds is 8. The van der Waals surface area contributed by atoms with Gasteiger partial charge in [-0.3, -0.25) is 9.59 Å². The Morgan fingerprint density at radius 2 is 2.08 bits per heavy atom. The molecule has 1 heterocycles. The van der Waals surface area contributed by atoms with Crippen molar-refractivity contribution in [2.75, 3.05) is 26.3 Å². The van der Waals surface area contributed by atoms with Crippen LogP contribution in [0.15, 0.2) is 24.3 Å². The van der Waals surface area contributed by atoms with Crippen LogP contribution in [0.4, 0.5) is 0 Å². The first-order chi connectivity index (χ1) is 11.6. The van der Waals surface area contributed by atoms with Gasteiger partial charge in [-0.05, 0) is 31.0 Å². The molecule has 1 fully saturated rings. The van der Waals surface area contributed by atoms with E-state index in [1.807, 2.05) is 19.9 Å². The molecule has 0 aliphatic carbocycles. The maximum absolute atomic E-state index is 12.1. The summed E-state index contributed by atoms with van der Waals surface area (Å²) in [5.74, 6) is 0.398. The summed E-state index contributed by atoms with van der Waals surface area (Å²) in [5.41, 5.74) is 0.537. The molecule has 2 amide bonds. The van der Waals surface area contributed by atoms with Crippen LogP contribution in [0.3, 0.4) is 0 Å². The lowest BCUT2D eigenvalue weighted by atomic mass is 10.2. The first-order valence-electron chi connectivity index (χ1n) is 8.46. The van der Waals surface area contributed by atoms with Gasteiger partial charge in [-0.1, -0.05) is 19.9 Å². The molecule has 0 bridgehead atoms. The van der Waals surface area contributed by atoms with E-state index in [2.05, 4.69) is 10.6 Å². The number of hydrogen-bond donors (Lipinski definition) is 2. The fourth-order valence-electron chi connectivity index (χ4n) is 2.36. The number of amides is 2. The van der Waals surface area contributed by atoms with Gasteiger partial charge in [-0.25, -0.2) is 0 Å².